The van der Waals surface area contributed by atoms with Crippen molar-refractivity contribution in [1.29, 1.82) is 0 Å². The fourth-order valence-electron chi connectivity index (χ4n) is 3.47. The van der Waals surface area contributed by atoms with Crippen LogP contribution < -0.4 is 15.0 Å². The zero-order chi connectivity index (χ0) is 21.8. The molecule has 1 aliphatic heterocycles. The van der Waals surface area contributed by atoms with Crippen LogP contribution in [-0.4, -0.2) is 46.4 Å². The quantitative estimate of drug-likeness (QED) is 0.619. The summed E-state index contributed by atoms with van der Waals surface area (Å²) in [5.74, 6) is 1.27. The molecular weight excluding hydrogens is 396 g/mol. The van der Waals surface area contributed by atoms with Gasteiger partial charge in [-0.3, -0.25) is 4.79 Å². The second-order valence-electron chi connectivity index (χ2n) is 7.80. The highest BCUT2D eigenvalue weighted by Gasteiger charge is 2.21. The summed E-state index contributed by atoms with van der Waals surface area (Å²) < 4.78 is 10.1. The van der Waals surface area contributed by atoms with Gasteiger partial charge in [0.2, 0.25) is 5.95 Å². The van der Waals surface area contributed by atoms with E-state index in [4.69, 9.17) is 9.37 Å². The van der Waals surface area contributed by atoms with E-state index in [1.54, 1.807) is 13.2 Å². The first-order valence-electron chi connectivity index (χ1n) is 10.4. The van der Waals surface area contributed by atoms with Gasteiger partial charge in [0, 0.05) is 24.3 Å². The molecule has 3 aromatic rings. The van der Waals surface area contributed by atoms with Gasteiger partial charge in [-0.05, 0) is 54.2 Å². The van der Waals surface area contributed by atoms with E-state index in [1.165, 1.54) is 0 Å². The highest BCUT2D eigenvalue weighted by molar-refractivity contribution is 5.92. The number of rotatable bonds is 7. The number of amides is 1. The van der Waals surface area contributed by atoms with E-state index in [-0.39, 0.29) is 18.4 Å². The fourth-order valence-corrected chi connectivity index (χ4v) is 3.47. The van der Waals surface area contributed by atoms with Crippen LogP contribution >= 0.6 is 0 Å². The summed E-state index contributed by atoms with van der Waals surface area (Å²) in [5, 5.41) is 10.8. The van der Waals surface area contributed by atoms with Crippen molar-refractivity contribution in [2.24, 2.45) is 0 Å². The Morgan fingerprint density at radius 2 is 1.90 bits per heavy atom. The molecule has 1 aromatic carbocycles. The molecule has 9 heteroatoms. The molecule has 162 valence electrons. The van der Waals surface area contributed by atoms with E-state index in [0.29, 0.717) is 23.0 Å². The number of anilines is 1. The predicted molar refractivity (Wildman–Crippen MR) is 115 cm³/mol. The van der Waals surface area contributed by atoms with Crippen molar-refractivity contribution in [3.05, 3.63) is 47.4 Å². The van der Waals surface area contributed by atoms with E-state index in [0.717, 1.165) is 42.9 Å². The van der Waals surface area contributed by atoms with Gasteiger partial charge in [0.15, 0.2) is 0 Å². The first-order valence-corrected chi connectivity index (χ1v) is 10.4. The molecule has 0 atom stereocenters. The first kappa shape index (κ1) is 20.8. The van der Waals surface area contributed by atoms with Crippen LogP contribution in [0.15, 0.2) is 35.0 Å². The molecule has 1 saturated heterocycles. The second kappa shape index (κ2) is 9.11. The van der Waals surface area contributed by atoms with Crippen LogP contribution in [0.1, 0.15) is 54.5 Å². The predicted octanol–water partition coefficient (Wildman–Crippen LogP) is 3.19. The standard InChI is InChI=1S/C22H26N6O3/c1-14(2)17-12-18(25-22(24-17)28-10-4-5-11-28)21(29)23-13-19-20(27-31-26-19)15-6-8-16(30-3)9-7-15/h6-9,12,14H,4-5,10-11,13H2,1-3H3,(H,23,29). The van der Waals surface area contributed by atoms with Crippen molar-refractivity contribution < 1.29 is 14.2 Å². The molecule has 0 radical (unpaired) electrons. The molecule has 31 heavy (non-hydrogen) atoms. The molecule has 4 rings (SSSR count). The molecule has 0 aliphatic carbocycles. The second-order valence-corrected chi connectivity index (χ2v) is 7.80. The summed E-state index contributed by atoms with van der Waals surface area (Å²) in [7, 11) is 1.61. The van der Waals surface area contributed by atoms with Gasteiger partial charge in [0.25, 0.3) is 5.91 Å². The number of hydrogen-bond acceptors (Lipinski definition) is 8. The molecule has 2 aromatic heterocycles. The molecule has 3 heterocycles. The van der Waals surface area contributed by atoms with E-state index in [9.17, 15) is 4.79 Å². The van der Waals surface area contributed by atoms with Crippen molar-refractivity contribution in [1.82, 2.24) is 25.6 Å². The van der Waals surface area contributed by atoms with E-state index < -0.39 is 0 Å². The summed E-state index contributed by atoms with van der Waals surface area (Å²) in [4.78, 5) is 24.2. The molecular formula is C22H26N6O3. The van der Waals surface area contributed by atoms with Crippen LogP contribution in [-0.2, 0) is 6.54 Å². The Balaban J connectivity index is 1.51. The van der Waals surface area contributed by atoms with Crippen LogP contribution in [0.3, 0.4) is 0 Å². The van der Waals surface area contributed by atoms with Crippen molar-refractivity contribution in [3.8, 4) is 17.0 Å². The summed E-state index contributed by atoms with van der Waals surface area (Å²) in [6, 6.07) is 9.16. The average molecular weight is 422 g/mol. The van der Waals surface area contributed by atoms with Crippen LogP contribution in [0.4, 0.5) is 5.95 Å². The van der Waals surface area contributed by atoms with Crippen molar-refractivity contribution in [2.45, 2.75) is 39.2 Å². The zero-order valence-electron chi connectivity index (χ0n) is 18.0. The number of ether oxygens (including phenoxy) is 1. The number of nitrogens with zero attached hydrogens (tertiary/aromatic N) is 5. The van der Waals surface area contributed by atoms with Crippen molar-refractivity contribution in [3.63, 3.8) is 0 Å². The van der Waals surface area contributed by atoms with Gasteiger partial charge < -0.3 is 15.0 Å². The van der Waals surface area contributed by atoms with E-state index >= 15 is 0 Å². The summed E-state index contributed by atoms with van der Waals surface area (Å²) >= 11 is 0. The Kier molecular flexibility index (Phi) is 6.11. The maximum Gasteiger partial charge on any atom is 0.270 e. The van der Waals surface area contributed by atoms with Gasteiger partial charge in [-0.1, -0.05) is 19.0 Å². The molecule has 1 fully saturated rings. The maximum absolute atomic E-state index is 12.9. The zero-order valence-corrected chi connectivity index (χ0v) is 18.0. The van der Waals surface area contributed by atoms with Gasteiger partial charge in [0.1, 0.15) is 22.8 Å². The first-order chi connectivity index (χ1) is 15.0. The molecule has 1 aliphatic rings. The number of aromatic nitrogens is 4. The maximum atomic E-state index is 12.9. The largest absolute Gasteiger partial charge is 0.497 e. The summed E-state index contributed by atoms with van der Waals surface area (Å²) in [6.45, 7) is 6.11. The van der Waals surface area contributed by atoms with Gasteiger partial charge >= 0.3 is 0 Å². The number of hydrogen-bond donors (Lipinski definition) is 1. The van der Waals surface area contributed by atoms with Crippen LogP contribution in [0.5, 0.6) is 5.75 Å². The lowest BCUT2D eigenvalue weighted by Crippen LogP contribution is -2.27. The number of carbonyl (C=O) groups is 1. The molecule has 0 unspecified atom stereocenters. The number of benzene rings is 1. The van der Waals surface area contributed by atoms with Gasteiger partial charge in [-0.15, -0.1) is 0 Å². The third-order valence-corrected chi connectivity index (χ3v) is 5.28. The van der Waals surface area contributed by atoms with E-state index in [2.05, 4.69) is 44.3 Å². The van der Waals surface area contributed by atoms with Crippen LogP contribution in [0, 0.1) is 0 Å². The summed E-state index contributed by atoms with van der Waals surface area (Å²) in [5.41, 5.74) is 3.14. The molecule has 0 spiro atoms. The lowest BCUT2D eigenvalue weighted by molar-refractivity contribution is 0.0945. The van der Waals surface area contributed by atoms with E-state index in [1.807, 2.05) is 24.3 Å². The van der Waals surface area contributed by atoms with Crippen LogP contribution in [0.25, 0.3) is 11.3 Å². The summed E-state index contributed by atoms with van der Waals surface area (Å²) in [6.07, 6.45) is 2.23. The van der Waals surface area contributed by atoms with Gasteiger partial charge in [-0.2, -0.15) is 0 Å². The lowest BCUT2D eigenvalue weighted by atomic mass is 10.1. The number of carbonyl (C=O) groups excluding carboxylic acids is 1. The minimum Gasteiger partial charge on any atom is -0.497 e. The minimum atomic E-state index is -0.284. The van der Waals surface area contributed by atoms with Crippen LogP contribution in [0.2, 0.25) is 0 Å². The topological polar surface area (TPSA) is 106 Å². The number of nitrogens with one attached hydrogen (secondary N) is 1. The third kappa shape index (κ3) is 4.65. The molecule has 0 saturated carbocycles. The average Bonchev–Trinajstić information content (AvgIpc) is 3.49. The molecule has 9 nitrogen and oxygen atoms in total. The third-order valence-electron chi connectivity index (χ3n) is 5.28. The Hall–Kier alpha value is -3.49. The van der Waals surface area contributed by atoms with Crippen molar-refractivity contribution in [2.75, 3.05) is 25.1 Å². The molecule has 1 amide bonds. The fraction of sp³-hybridized carbons (Fsp3) is 0.409. The number of methoxy groups -OCH3 is 1. The Morgan fingerprint density at radius 1 is 1.16 bits per heavy atom. The minimum absolute atomic E-state index is 0.170. The SMILES string of the molecule is COc1ccc(-c2nonc2CNC(=O)c2cc(C(C)C)nc(N3CCCC3)n2)cc1. The highest BCUT2D eigenvalue weighted by atomic mass is 16.6. The van der Waals surface area contributed by atoms with Crippen molar-refractivity contribution >= 4 is 11.9 Å². The highest BCUT2D eigenvalue weighted by Crippen LogP contribution is 2.24. The lowest BCUT2D eigenvalue weighted by Gasteiger charge is -2.18. The Bertz CT molecular complexity index is 1040. The van der Waals surface area contributed by atoms with Gasteiger partial charge in [0.05, 0.1) is 13.7 Å². The monoisotopic (exact) mass is 422 g/mol. The smallest absolute Gasteiger partial charge is 0.270 e. The Labute approximate surface area is 180 Å². The van der Waals surface area contributed by atoms with Gasteiger partial charge in [-0.25, -0.2) is 14.6 Å². The molecule has 0 bridgehead atoms. The normalized spacial score (nSPS) is 13.6. The molecule has 1 N–H and O–H groups in total. The Morgan fingerprint density at radius 3 is 2.58 bits per heavy atom.